The minimum absolute atomic E-state index is 0.0768. The number of ether oxygens (including phenoxy) is 2. The predicted molar refractivity (Wildman–Crippen MR) is 123 cm³/mol. The molecule has 1 aliphatic rings. The predicted octanol–water partition coefficient (Wildman–Crippen LogP) is 3.47. The number of likely N-dealkylation sites (N-methyl/N-ethyl adjacent to an activating group) is 1. The fourth-order valence-corrected chi connectivity index (χ4v) is 3.96. The number of nitrogens with zero attached hydrogens (tertiary/aromatic N) is 2. The second kappa shape index (κ2) is 10.3. The van der Waals surface area contributed by atoms with E-state index >= 15 is 0 Å². The molecule has 2 aromatic carbocycles. The first-order valence-electron chi connectivity index (χ1n) is 10.7. The molecule has 1 unspecified atom stereocenters. The topological polar surface area (TPSA) is 79.3 Å². The molecule has 0 spiro atoms. The zero-order valence-corrected chi connectivity index (χ0v) is 19.0. The van der Waals surface area contributed by atoms with E-state index in [4.69, 9.17) is 9.47 Å². The Balaban J connectivity index is 2.10. The fourth-order valence-electron chi connectivity index (χ4n) is 3.96. The van der Waals surface area contributed by atoms with Crippen LogP contribution in [0.1, 0.15) is 31.0 Å². The van der Waals surface area contributed by atoms with Crippen LogP contribution in [0.15, 0.2) is 54.1 Å². The molecule has 7 nitrogen and oxygen atoms in total. The highest BCUT2D eigenvalue weighted by atomic mass is 16.5. The van der Waals surface area contributed by atoms with Crippen LogP contribution in [-0.4, -0.2) is 67.0 Å². The van der Waals surface area contributed by atoms with Gasteiger partial charge >= 0.3 is 0 Å². The molecule has 3 rings (SSSR count). The lowest BCUT2D eigenvalue weighted by Crippen LogP contribution is -2.38. The molecule has 1 saturated heterocycles. The zero-order valence-electron chi connectivity index (χ0n) is 19.0. The van der Waals surface area contributed by atoms with E-state index in [1.165, 1.54) is 7.11 Å². The van der Waals surface area contributed by atoms with Crippen LogP contribution in [0.2, 0.25) is 0 Å². The van der Waals surface area contributed by atoms with Gasteiger partial charge in [0.2, 0.25) is 0 Å². The van der Waals surface area contributed by atoms with Crippen LogP contribution in [0.25, 0.3) is 5.76 Å². The van der Waals surface area contributed by atoms with Crippen LogP contribution in [0.3, 0.4) is 0 Å². The highest BCUT2D eigenvalue weighted by molar-refractivity contribution is 6.46. The van der Waals surface area contributed by atoms with E-state index in [-0.39, 0.29) is 11.3 Å². The standard InChI is InChI=1S/C25H30N2O5/c1-5-26(6-2)14-15-27-22(17-10-12-19(31-3)13-11-17)21(24(29)25(27)30)23(28)18-8-7-9-20(16-18)32-4/h7-13,16,22,28H,5-6,14-15H2,1-4H3. The minimum atomic E-state index is -0.692. The van der Waals surface area contributed by atoms with Gasteiger partial charge in [0.25, 0.3) is 11.7 Å². The van der Waals surface area contributed by atoms with Crippen molar-refractivity contribution in [3.8, 4) is 11.5 Å². The summed E-state index contributed by atoms with van der Waals surface area (Å²) in [6.45, 7) is 6.81. The highest BCUT2D eigenvalue weighted by Crippen LogP contribution is 2.40. The number of aliphatic hydroxyl groups excluding tert-OH is 1. The Labute approximate surface area is 188 Å². The lowest BCUT2D eigenvalue weighted by atomic mass is 9.95. The third-order valence-corrected chi connectivity index (χ3v) is 5.87. The molecule has 1 amide bonds. The Morgan fingerprint density at radius 2 is 1.66 bits per heavy atom. The van der Waals surface area contributed by atoms with Crippen LogP contribution in [0.5, 0.6) is 11.5 Å². The Hall–Kier alpha value is -3.32. The SMILES string of the molecule is CCN(CC)CCN1C(=O)C(=O)C(=C(O)c2cccc(OC)c2)C1c1ccc(OC)cc1. The van der Waals surface area contributed by atoms with E-state index in [1.54, 1.807) is 48.4 Å². The summed E-state index contributed by atoms with van der Waals surface area (Å²) < 4.78 is 10.5. The Bertz CT molecular complexity index is 996. The first-order chi connectivity index (χ1) is 15.4. The lowest BCUT2D eigenvalue weighted by Gasteiger charge is -2.28. The summed E-state index contributed by atoms with van der Waals surface area (Å²) in [5.41, 5.74) is 1.23. The van der Waals surface area contributed by atoms with Gasteiger partial charge in [0.15, 0.2) is 0 Å². The average Bonchev–Trinajstić information content (AvgIpc) is 3.09. The number of hydrogen-bond acceptors (Lipinski definition) is 6. The quantitative estimate of drug-likeness (QED) is 0.367. The fraction of sp³-hybridized carbons (Fsp3) is 0.360. The minimum Gasteiger partial charge on any atom is -0.507 e. The van der Waals surface area contributed by atoms with Crippen LogP contribution in [0, 0.1) is 0 Å². The van der Waals surface area contributed by atoms with Crippen molar-refractivity contribution < 1.29 is 24.2 Å². The number of benzene rings is 2. The van der Waals surface area contributed by atoms with Gasteiger partial charge in [-0.25, -0.2) is 0 Å². The van der Waals surface area contributed by atoms with E-state index in [0.29, 0.717) is 30.2 Å². The van der Waals surface area contributed by atoms with Crippen LogP contribution in [-0.2, 0) is 9.59 Å². The Morgan fingerprint density at radius 3 is 2.25 bits per heavy atom. The van der Waals surface area contributed by atoms with Crippen molar-refractivity contribution in [1.29, 1.82) is 0 Å². The van der Waals surface area contributed by atoms with E-state index in [2.05, 4.69) is 18.7 Å². The lowest BCUT2D eigenvalue weighted by molar-refractivity contribution is -0.140. The van der Waals surface area contributed by atoms with Crippen molar-refractivity contribution in [3.63, 3.8) is 0 Å². The van der Waals surface area contributed by atoms with E-state index in [9.17, 15) is 14.7 Å². The number of Topliss-reactive ketones (excluding diaryl/α,β-unsaturated/α-hetero) is 1. The first-order valence-corrected chi connectivity index (χ1v) is 10.7. The van der Waals surface area contributed by atoms with Crippen molar-refractivity contribution in [2.75, 3.05) is 40.4 Å². The molecule has 2 aromatic rings. The summed E-state index contributed by atoms with van der Waals surface area (Å²) in [4.78, 5) is 29.9. The zero-order chi connectivity index (χ0) is 23.3. The van der Waals surface area contributed by atoms with Crippen molar-refractivity contribution in [2.45, 2.75) is 19.9 Å². The van der Waals surface area contributed by atoms with Gasteiger partial charge in [0.05, 0.1) is 25.8 Å². The number of methoxy groups -OCH3 is 2. The van der Waals surface area contributed by atoms with Gasteiger partial charge in [-0.15, -0.1) is 0 Å². The molecule has 32 heavy (non-hydrogen) atoms. The molecular weight excluding hydrogens is 408 g/mol. The number of rotatable bonds is 9. The molecule has 0 saturated carbocycles. The number of ketones is 1. The molecule has 7 heteroatoms. The third kappa shape index (κ3) is 4.62. The molecule has 0 radical (unpaired) electrons. The molecule has 1 atom stereocenters. The van der Waals surface area contributed by atoms with Gasteiger partial charge < -0.3 is 24.4 Å². The number of amides is 1. The van der Waals surface area contributed by atoms with Crippen LogP contribution in [0.4, 0.5) is 0 Å². The van der Waals surface area contributed by atoms with Gasteiger partial charge in [0, 0.05) is 18.7 Å². The van der Waals surface area contributed by atoms with Gasteiger partial charge in [-0.3, -0.25) is 9.59 Å². The molecule has 1 fully saturated rings. The Morgan fingerprint density at radius 1 is 1.00 bits per heavy atom. The maximum absolute atomic E-state index is 13.1. The molecule has 170 valence electrons. The van der Waals surface area contributed by atoms with Crippen LogP contribution >= 0.6 is 0 Å². The molecule has 0 aliphatic carbocycles. The second-order valence-corrected chi connectivity index (χ2v) is 7.52. The molecule has 0 bridgehead atoms. The summed E-state index contributed by atoms with van der Waals surface area (Å²) in [7, 11) is 3.11. The average molecular weight is 439 g/mol. The van der Waals surface area contributed by atoms with E-state index in [0.717, 1.165) is 18.7 Å². The molecule has 0 aromatic heterocycles. The number of carbonyl (C=O) groups excluding carboxylic acids is 2. The van der Waals surface area contributed by atoms with Crippen molar-refractivity contribution >= 4 is 17.4 Å². The number of carbonyl (C=O) groups is 2. The van der Waals surface area contributed by atoms with Crippen molar-refractivity contribution in [2.24, 2.45) is 0 Å². The number of aliphatic hydroxyl groups is 1. The second-order valence-electron chi connectivity index (χ2n) is 7.52. The summed E-state index contributed by atoms with van der Waals surface area (Å²) in [6, 6.07) is 13.3. The van der Waals surface area contributed by atoms with Gasteiger partial charge in [0.1, 0.15) is 17.3 Å². The van der Waals surface area contributed by atoms with Crippen LogP contribution < -0.4 is 9.47 Å². The maximum Gasteiger partial charge on any atom is 0.295 e. The van der Waals surface area contributed by atoms with Gasteiger partial charge in [-0.1, -0.05) is 38.1 Å². The largest absolute Gasteiger partial charge is 0.507 e. The Kier molecular flexibility index (Phi) is 7.53. The highest BCUT2D eigenvalue weighted by Gasteiger charge is 2.46. The molecule has 1 aliphatic heterocycles. The maximum atomic E-state index is 13.1. The summed E-state index contributed by atoms with van der Waals surface area (Å²) >= 11 is 0. The number of hydrogen-bond donors (Lipinski definition) is 1. The van der Waals surface area contributed by atoms with E-state index in [1.807, 2.05) is 12.1 Å². The summed E-state index contributed by atoms with van der Waals surface area (Å²) in [6.07, 6.45) is 0. The van der Waals surface area contributed by atoms with E-state index < -0.39 is 17.7 Å². The normalized spacial score (nSPS) is 17.8. The molecule has 1 N–H and O–H groups in total. The monoisotopic (exact) mass is 438 g/mol. The van der Waals surface area contributed by atoms with Crippen molar-refractivity contribution in [3.05, 3.63) is 65.2 Å². The number of likely N-dealkylation sites (tertiary alicyclic amines) is 1. The van der Waals surface area contributed by atoms with Gasteiger partial charge in [-0.2, -0.15) is 0 Å². The molecule has 1 heterocycles. The molecular formula is C25H30N2O5. The third-order valence-electron chi connectivity index (χ3n) is 5.87. The van der Waals surface area contributed by atoms with Gasteiger partial charge in [-0.05, 0) is 42.9 Å². The summed E-state index contributed by atoms with van der Waals surface area (Å²) in [5.74, 6) is -0.297. The first kappa shape index (κ1) is 23.3. The smallest absolute Gasteiger partial charge is 0.295 e. The summed E-state index contributed by atoms with van der Waals surface area (Å²) in [5, 5.41) is 11.1. The van der Waals surface area contributed by atoms with Crippen molar-refractivity contribution in [1.82, 2.24) is 9.80 Å².